The van der Waals surface area contributed by atoms with E-state index in [1.807, 2.05) is 19.1 Å². The SMILES string of the molecule is C[C@H](C(=O)N[C@@H](C)CCc1ccc(Br)cc1)N1C(=O)NC2(CCCC2)C1=O. The molecule has 3 rings (SSSR count). The van der Waals surface area contributed by atoms with Crippen LogP contribution in [0.2, 0.25) is 0 Å². The van der Waals surface area contributed by atoms with Gasteiger partial charge in [0.05, 0.1) is 0 Å². The first kappa shape index (κ1) is 19.9. The van der Waals surface area contributed by atoms with Gasteiger partial charge in [-0.05, 0) is 57.2 Å². The van der Waals surface area contributed by atoms with Gasteiger partial charge in [0, 0.05) is 10.5 Å². The Morgan fingerprint density at radius 2 is 1.85 bits per heavy atom. The first-order valence-electron chi connectivity index (χ1n) is 9.53. The van der Waals surface area contributed by atoms with Crippen LogP contribution in [0.4, 0.5) is 4.79 Å². The van der Waals surface area contributed by atoms with Gasteiger partial charge in [-0.3, -0.25) is 9.59 Å². The van der Waals surface area contributed by atoms with Crippen LogP contribution in [0.3, 0.4) is 0 Å². The molecule has 7 heteroatoms. The monoisotopic (exact) mass is 435 g/mol. The molecule has 2 fully saturated rings. The van der Waals surface area contributed by atoms with Crippen LogP contribution in [0.25, 0.3) is 0 Å². The average molecular weight is 436 g/mol. The fraction of sp³-hybridized carbons (Fsp3) is 0.550. The standard InChI is InChI=1S/C20H26BrN3O3/c1-13(5-6-15-7-9-16(21)10-8-15)22-17(25)14(2)24-18(26)20(23-19(24)27)11-3-4-12-20/h7-10,13-14H,3-6,11-12H2,1-2H3,(H,22,25)(H,23,27)/t13-,14+/m0/s1. The predicted molar refractivity (Wildman–Crippen MR) is 106 cm³/mol. The Bertz CT molecular complexity index is 728. The lowest BCUT2D eigenvalue weighted by molar-refractivity contribution is -0.138. The van der Waals surface area contributed by atoms with E-state index in [0.717, 1.165) is 35.1 Å². The second kappa shape index (κ2) is 8.00. The van der Waals surface area contributed by atoms with Gasteiger partial charge in [-0.1, -0.05) is 40.9 Å². The molecule has 1 heterocycles. The number of nitrogens with one attached hydrogen (secondary N) is 2. The van der Waals surface area contributed by atoms with Crippen LogP contribution in [0.1, 0.15) is 51.5 Å². The Labute approximate surface area is 168 Å². The number of hydrogen-bond donors (Lipinski definition) is 2. The molecule has 1 aromatic rings. The van der Waals surface area contributed by atoms with Gasteiger partial charge in [-0.15, -0.1) is 0 Å². The van der Waals surface area contributed by atoms with Crippen molar-refractivity contribution in [1.82, 2.24) is 15.5 Å². The minimum Gasteiger partial charge on any atom is -0.352 e. The van der Waals surface area contributed by atoms with Crippen molar-refractivity contribution in [2.45, 2.75) is 70.0 Å². The van der Waals surface area contributed by atoms with E-state index >= 15 is 0 Å². The molecule has 27 heavy (non-hydrogen) atoms. The highest BCUT2D eigenvalue weighted by atomic mass is 79.9. The zero-order valence-electron chi connectivity index (χ0n) is 15.8. The average Bonchev–Trinajstić information content (AvgIpc) is 3.19. The number of urea groups is 1. The quantitative estimate of drug-likeness (QED) is 0.673. The Hall–Kier alpha value is -1.89. The Balaban J connectivity index is 1.54. The highest BCUT2D eigenvalue weighted by Crippen LogP contribution is 2.35. The maximum absolute atomic E-state index is 12.8. The van der Waals surface area contributed by atoms with Crippen molar-refractivity contribution in [2.24, 2.45) is 0 Å². The minimum atomic E-state index is -0.812. The van der Waals surface area contributed by atoms with Gasteiger partial charge in [0.25, 0.3) is 5.91 Å². The lowest BCUT2D eigenvalue weighted by atomic mass is 9.97. The third kappa shape index (κ3) is 4.18. The summed E-state index contributed by atoms with van der Waals surface area (Å²) in [4.78, 5) is 38.8. The van der Waals surface area contributed by atoms with Gasteiger partial charge in [0.2, 0.25) is 5.91 Å². The van der Waals surface area contributed by atoms with Crippen molar-refractivity contribution in [3.63, 3.8) is 0 Å². The van der Waals surface area contributed by atoms with Crippen LogP contribution in [0, 0.1) is 0 Å². The smallest absolute Gasteiger partial charge is 0.325 e. The predicted octanol–water partition coefficient (Wildman–Crippen LogP) is 3.14. The number of carbonyl (C=O) groups is 3. The number of halogens is 1. The van der Waals surface area contributed by atoms with E-state index in [2.05, 4.69) is 38.7 Å². The van der Waals surface area contributed by atoms with Crippen molar-refractivity contribution >= 4 is 33.8 Å². The van der Waals surface area contributed by atoms with Gasteiger partial charge in [-0.2, -0.15) is 0 Å². The highest BCUT2D eigenvalue weighted by Gasteiger charge is 2.54. The van der Waals surface area contributed by atoms with Gasteiger partial charge in [0.1, 0.15) is 11.6 Å². The van der Waals surface area contributed by atoms with E-state index in [9.17, 15) is 14.4 Å². The number of hydrogen-bond acceptors (Lipinski definition) is 3. The first-order chi connectivity index (χ1) is 12.8. The largest absolute Gasteiger partial charge is 0.352 e. The summed E-state index contributed by atoms with van der Waals surface area (Å²) in [5, 5.41) is 5.76. The third-order valence-corrected chi connectivity index (χ3v) is 6.11. The van der Waals surface area contributed by atoms with E-state index in [1.54, 1.807) is 6.92 Å². The van der Waals surface area contributed by atoms with Crippen molar-refractivity contribution in [3.8, 4) is 0 Å². The molecule has 1 saturated carbocycles. The molecule has 6 nitrogen and oxygen atoms in total. The maximum Gasteiger partial charge on any atom is 0.325 e. The number of aryl methyl sites for hydroxylation is 1. The normalized spacial score (nSPS) is 20.6. The molecule has 2 aliphatic rings. The van der Waals surface area contributed by atoms with E-state index < -0.39 is 17.6 Å². The van der Waals surface area contributed by atoms with Crippen molar-refractivity contribution in [2.75, 3.05) is 0 Å². The molecule has 2 atom stereocenters. The molecular formula is C20H26BrN3O3. The molecule has 0 aromatic heterocycles. The van der Waals surface area contributed by atoms with Gasteiger partial charge in [0.15, 0.2) is 0 Å². The van der Waals surface area contributed by atoms with Crippen LogP contribution in [-0.4, -0.2) is 40.4 Å². The molecule has 2 N–H and O–H groups in total. The summed E-state index contributed by atoms with van der Waals surface area (Å²) in [5.74, 6) is -0.549. The molecule has 1 aromatic carbocycles. The molecule has 146 valence electrons. The number of rotatable bonds is 6. The highest BCUT2D eigenvalue weighted by molar-refractivity contribution is 9.10. The molecule has 0 unspecified atom stereocenters. The summed E-state index contributed by atoms with van der Waals surface area (Å²) < 4.78 is 1.04. The zero-order chi connectivity index (χ0) is 19.6. The lowest BCUT2D eigenvalue weighted by Crippen LogP contribution is -2.51. The Morgan fingerprint density at radius 3 is 2.48 bits per heavy atom. The number of nitrogens with zero attached hydrogens (tertiary/aromatic N) is 1. The maximum atomic E-state index is 12.8. The third-order valence-electron chi connectivity index (χ3n) is 5.58. The van der Waals surface area contributed by atoms with E-state index in [4.69, 9.17) is 0 Å². The lowest BCUT2D eigenvalue weighted by Gasteiger charge is -2.25. The van der Waals surface area contributed by atoms with Crippen molar-refractivity contribution in [1.29, 1.82) is 0 Å². The molecule has 4 amide bonds. The van der Waals surface area contributed by atoms with E-state index in [0.29, 0.717) is 12.8 Å². The fourth-order valence-electron chi connectivity index (χ4n) is 3.90. The second-order valence-corrected chi connectivity index (χ2v) is 8.56. The minimum absolute atomic E-state index is 0.0511. The molecule has 0 radical (unpaired) electrons. The fourth-order valence-corrected chi connectivity index (χ4v) is 4.16. The molecule has 1 aliphatic heterocycles. The van der Waals surface area contributed by atoms with E-state index in [1.165, 1.54) is 5.56 Å². The molecule has 1 spiro atoms. The number of imide groups is 1. The number of benzene rings is 1. The van der Waals surface area contributed by atoms with Gasteiger partial charge in [-0.25, -0.2) is 9.69 Å². The number of amides is 4. The number of carbonyl (C=O) groups excluding carboxylic acids is 3. The molecule has 1 aliphatic carbocycles. The summed E-state index contributed by atoms with van der Waals surface area (Å²) in [7, 11) is 0. The summed E-state index contributed by atoms with van der Waals surface area (Å²) >= 11 is 3.42. The summed E-state index contributed by atoms with van der Waals surface area (Å²) in [6.45, 7) is 3.55. The topological polar surface area (TPSA) is 78.5 Å². The zero-order valence-corrected chi connectivity index (χ0v) is 17.3. The van der Waals surface area contributed by atoms with Crippen LogP contribution in [0.15, 0.2) is 28.7 Å². The Kier molecular flexibility index (Phi) is 5.89. The van der Waals surface area contributed by atoms with Gasteiger partial charge < -0.3 is 10.6 Å². The van der Waals surface area contributed by atoms with Crippen LogP contribution in [0.5, 0.6) is 0 Å². The van der Waals surface area contributed by atoms with Gasteiger partial charge >= 0.3 is 6.03 Å². The molecule has 0 bridgehead atoms. The van der Waals surface area contributed by atoms with E-state index in [-0.39, 0.29) is 17.9 Å². The summed E-state index contributed by atoms with van der Waals surface area (Å²) in [5.41, 5.74) is 0.420. The second-order valence-electron chi connectivity index (χ2n) is 7.65. The van der Waals surface area contributed by atoms with Crippen LogP contribution in [-0.2, 0) is 16.0 Å². The van der Waals surface area contributed by atoms with Crippen molar-refractivity contribution in [3.05, 3.63) is 34.3 Å². The Morgan fingerprint density at radius 1 is 1.22 bits per heavy atom. The summed E-state index contributed by atoms with van der Waals surface area (Å²) in [6, 6.07) is 6.78. The van der Waals surface area contributed by atoms with Crippen LogP contribution >= 0.6 is 15.9 Å². The summed E-state index contributed by atoms with van der Waals surface area (Å²) in [6.07, 6.45) is 4.79. The van der Waals surface area contributed by atoms with Crippen molar-refractivity contribution < 1.29 is 14.4 Å². The van der Waals surface area contributed by atoms with Crippen LogP contribution < -0.4 is 10.6 Å². The first-order valence-corrected chi connectivity index (χ1v) is 10.3. The molecule has 1 saturated heterocycles. The molecular weight excluding hydrogens is 410 g/mol.